The van der Waals surface area contributed by atoms with Crippen molar-refractivity contribution in [2.24, 2.45) is 5.92 Å². The topological polar surface area (TPSA) is 113 Å². The number of nitrogens with two attached hydrogens (primary N) is 1. The Bertz CT molecular complexity index is 533. The van der Waals surface area contributed by atoms with Crippen molar-refractivity contribution < 1.29 is 5.11 Å². The number of aliphatic hydroxyl groups is 1. The molecule has 0 aliphatic carbocycles. The predicted molar refractivity (Wildman–Crippen MR) is 80.0 cm³/mol. The van der Waals surface area contributed by atoms with E-state index < -0.39 is 11.2 Å². The molecule has 0 aromatic carbocycles. The smallest absolute Gasteiger partial charge is 0.330 e. The van der Waals surface area contributed by atoms with Crippen molar-refractivity contribution in [1.82, 2.24) is 9.55 Å². The maximum Gasteiger partial charge on any atom is 0.330 e. The molecule has 20 heavy (non-hydrogen) atoms. The molecule has 1 aromatic heterocycles. The molecule has 1 aromatic rings. The van der Waals surface area contributed by atoms with E-state index in [1.165, 1.54) is 4.57 Å². The second kappa shape index (κ2) is 7.74. The van der Waals surface area contributed by atoms with Gasteiger partial charge in [-0.3, -0.25) is 14.3 Å². The van der Waals surface area contributed by atoms with E-state index in [9.17, 15) is 9.59 Å². The molecule has 0 spiro atoms. The summed E-state index contributed by atoms with van der Waals surface area (Å²) in [7, 11) is 0. The molecule has 0 unspecified atom stereocenters. The third kappa shape index (κ3) is 4.41. The zero-order valence-electron chi connectivity index (χ0n) is 12.1. The molecule has 114 valence electrons. The lowest BCUT2D eigenvalue weighted by molar-refractivity contribution is 0.283. The van der Waals surface area contributed by atoms with Gasteiger partial charge in [-0.15, -0.1) is 0 Å². The van der Waals surface area contributed by atoms with Gasteiger partial charge in [-0.1, -0.05) is 13.8 Å². The number of unbranched alkanes of at least 4 members (excludes halogenated alkanes) is 2. The molecule has 1 heterocycles. The first kappa shape index (κ1) is 16.3. The van der Waals surface area contributed by atoms with E-state index in [-0.39, 0.29) is 24.0 Å². The number of aromatic amines is 1. The zero-order valence-corrected chi connectivity index (χ0v) is 12.1. The van der Waals surface area contributed by atoms with Crippen LogP contribution in [0.4, 0.5) is 11.5 Å². The first-order valence-corrected chi connectivity index (χ1v) is 6.94. The normalized spacial score (nSPS) is 11.0. The van der Waals surface area contributed by atoms with Crippen LogP contribution >= 0.6 is 0 Å². The van der Waals surface area contributed by atoms with Crippen LogP contribution in [-0.2, 0) is 6.54 Å². The van der Waals surface area contributed by atoms with Crippen LogP contribution in [0.15, 0.2) is 9.59 Å². The number of anilines is 2. The molecular weight excluding hydrogens is 260 g/mol. The summed E-state index contributed by atoms with van der Waals surface area (Å²) < 4.78 is 1.38. The number of H-pyrrole nitrogens is 1. The highest BCUT2D eigenvalue weighted by molar-refractivity contribution is 5.60. The number of nitrogens with one attached hydrogen (secondary N) is 2. The van der Waals surface area contributed by atoms with Gasteiger partial charge in [-0.2, -0.15) is 0 Å². The number of hydrogen-bond acceptors (Lipinski definition) is 5. The highest BCUT2D eigenvalue weighted by Crippen LogP contribution is 2.12. The maximum atomic E-state index is 11.8. The summed E-state index contributed by atoms with van der Waals surface area (Å²) in [6.07, 6.45) is 2.43. The molecule has 5 N–H and O–H groups in total. The third-order valence-corrected chi connectivity index (χ3v) is 2.92. The largest absolute Gasteiger partial charge is 0.396 e. The van der Waals surface area contributed by atoms with Crippen LogP contribution in [0.25, 0.3) is 0 Å². The molecule has 0 aliphatic rings. The average molecular weight is 284 g/mol. The Hall–Kier alpha value is -1.76. The number of nitrogen functional groups attached to an aromatic ring is 1. The van der Waals surface area contributed by atoms with Gasteiger partial charge in [0.15, 0.2) is 0 Å². The number of rotatable bonds is 8. The number of aliphatic hydroxyl groups excluding tert-OH is 1. The van der Waals surface area contributed by atoms with Crippen LogP contribution in [0, 0.1) is 5.92 Å². The lowest BCUT2D eigenvalue weighted by Gasteiger charge is -2.15. The summed E-state index contributed by atoms with van der Waals surface area (Å²) in [6.45, 7) is 5.15. The van der Waals surface area contributed by atoms with E-state index in [1.807, 2.05) is 13.8 Å². The molecule has 0 atom stereocenters. The van der Waals surface area contributed by atoms with Crippen molar-refractivity contribution in [3.8, 4) is 0 Å². The molecule has 0 bridgehead atoms. The van der Waals surface area contributed by atoms with E-state index in [1.54, 1.807) is 0 Å². The molecule has 0 aliphatic heterocycles. The number of nitrogens with zero attached hydrogens (tertiary/aromatic N) is 1. The first-order valence-electron chi connectivity index (χ1n) is 6.94. The van der Waals surface area contributed by atoms with Crippen molar-refractivity contribution in [3.05, 3.63) is 20.8 Å². The number of hydrogen-bond donors (Lipinski definition) is 4. The van der Waals surface area contributed by atoms with E-state index in [0.29, 0.717) is 13.1 Å². The van der Waals surface area contributed by atoms with Crippen molar-refractivity contribution >= 4 is 11.5 Å². The van der Waals surface area contributed by atoms with Gasteiger partial charge in [-0.25, -0.2) is 4.79 Å². The molecule has 1 rings (SSSR count). The van der Waals surface area contributed by atoms with E-state index >= 15 is 0 Å². The van der Waals surface area contributed by atoms with Crippen LogP contribution in [-0.4, -0.2) is 27.8 Å². The van der Waals surface area contributed by atoms with Crippen LogP contribution in [0.5, 0.6) is 0 Å². The first-order chi connectivity index (χ1) is 9.47. The van der Waals surface area contributed by atoms with Crippen LogP contribution in [0.2, 0.25) is 0 Å². The minimum atomic E-state index is -0.491. The van der Waals surface area contributed by atoms with E-state index in [0.717, 1.165) is 19.3 Å². The molecular formula is C13H24N4O3. The Balaban J connectivity index is 2.85. The average Bonchev–Trinajstić information content (AvgIpc) is 2.37. The van der Waals surface area contributed by atoms with Crippen molar-refractivity contribution in [2.75, 3.05) is 24.2 Å². The fourth-order valence-electron chi connectivity index (χ4n) is 1.93. The Labute approximate surface area is 117 Å². The van der Waals surface area contributed by atoms with Gasteiger partial charge in [0.05, 0.1) is 0 Å². The van der Waals surface area contributed by atoms with Gasteiger partial charge in [0.25, 0.3) is 5.56 Å². The summed E-state index contributed by atoms with van der Waals surface area (Å²) in [4.78, 5) is 25.8. The Morgan fingerprint density at radius 3 is 2.60 bits per heavy atom. The van der Waals surface area contributed by atoms with Gasteiger partial charge in [0.2, 0.25) is 0 Å². The molecule has 0 radical (unpaired) electrons. The summed E-state index contributed by atoms with van der Waals surface area (Å²) in [5, 5.41) is 11.7. The molecule has 0 amide bonds. The fraction of sp³-hybridized carbons (Fsp3) is 0.692. The van der Waals surface area contributed by atoms with Gasteiger partial charge >= 0.3 is 5.69 Å². The summed E-state index contributed by atoms with van der Waals surface area (Å²) in [6, 6.07) is 0. The van der Waals surface area contributed by atoms with Gasteiger partial charge in [-0.05, 0) is 25.2 Å². The highest BCUT2D eigenvalue weighted by atomic mass is 16.3. The molecule has 7 nitrogen and oxygen atoms in total. The van der Waals surface area contributed by atoms with Crippen LogP contribution in [0.1, 0.15) is 33.1 Å². The molecule has 0 saturated carbocycles. The minimum Gasteiger partial charge on any atom is -0.396 e. The second-order valence-electron chi connectivity index (χ2n) is 5.24. The zero-order chi connectivity index (χ0) is 15.1. The van der Waals surface area contributed by atoms with E-state index in [2.05, 4.69) is 10.3 Å². The second-order valence-corrected chi connectivity index (χ2v) is 5.24. The minimum absolute atomic E-state index is 0.169. The summed E-state index contributed by atoms with van der Waals surface area (Å²) in [5.41, 5.74) is 5.19. The predicted octanol–water partition coefficient (Wildman–Crippen LogP) is 0.349. The van der Waals surface area contributed by atoms with E-state index in [4.69, 9.17) is 10.8 Å². The lowest BCUT2D eigenvalue weighted by Crippen LogP contribution is -2.35. The van der Waals surface area contributed by atoms with Crippen molar-refractivity contribution in [3.63, 3.8) is 0 Å². The Kier molecular flexibility index (Phi) is 6.30. The fourth-order valence-corrected chi connectivity index (χ4v) is 1.93. The molecule has 0 saturated heterocycles. The van der Waals surface area contributed by atoms with Gasteiger partial charge in [0.1, 0.15) is 11.5 Å². The molecule has 7 heteroatoms. The van der Waals surface area contributed by atoms with Crippen molar-refractivity contribution in [1.29, 1.82) is 0 Å². The third-order valence-electron chi connectivity index (χ3n) is 2.92. The summed E-state index contributed by atoms with van der Waals surface area (Å²) in [5.74, 6) is 0.424. The molecule has 0 fully saturated rings. The summed E-state index contributed by atoms with van der Waals surface area (Å²) >= 11 is 0. The Morgan fingerprint density at radius 2 is 2.00 bits per heavy atom. The van der Waals surface area contributed by atoms with Crippen LogP contribution in [0.3, 0.4) is 0 Å². The monoisotopic (exact) mass is 284 g/mol. The Morgan fingerprint density at radius 1 is 1.30 bits per heavy atom. The van der Waals surface area contributed by atoms with Gasteiger partial charge in [0, 0.05) is 19.7 Å². The van der Waals surface area contributed by atoms with Gasteiger partial charge < -0.3 is 16.2 Å². The highest BCUT2D eigenvalue weighted by Gasteiger charge is 2.12. The SMILES string of the molecule is CC(C)Cn1c(N)c(NCCCCCO)c(=O)[nH]c1=O. The van der Waals surface area contributed by atoms with Crippen LogP contribution < -0.4 is 22.3 Å². The standard InChI is InChI=1S/C13H24N4O3/c1-9(2)8-17-11(14)10(12(19)16-13(17)20)15-6-4-3-5-7-18/h9,15,18H,3-8,14H2,1-2H3,(H,16,19,20). The quantitative estimate of drug-likeness (QED) is 0.514. The number of aromatic nitrogens is 2. The van der Waals surface area contributed by atoms with Crippen molar-refractivity contribution in [2.45, 2.75) is 39.7 Å². The maximum absolute atomic E-state index is 11.8. The lowest BCUT2D eigenvalue weighted by atomic mass is 10.2.